The number of aliphatic hydroxyl groups excluding tert-OH is 2. The lowest BCUT2D eigenvalue weighted by molar-refractivity contribution is 0.210. The minimum absolute atomic E-state index is 0.206. The molecule has 0 radical (unpaired) electrons. The zero-order valence-electron chi connectivity index (χ0n) is 8.79. The molecule has 3 nitrogen and oxygen atoms in total. The predicted molar refractivity (Wildman–Crippen MR) is 54.7 cm³/mol. The molecule has 1 unspecified atom stereocenters. The Balaban J connectivity index is 3.28. The van der Waals surface area contributed by atoms with Gasteiger partial charge in [0.15, 0.2) is 0 Å². The highest BCUT2D eigenvalue weighted by atomic mass is 16.3. The van der Waals surface area contributed by atoms with E-state index in [1.165, 1.54) is 0 Å². The maximum absolute atomic E-state index is 9.00. The smallest absolute Gasteiger partial charge is 0.0587 e. The molecule has 0 saturated heterocycles. The molecule has 0 amide bonds. The van der Waals surface area contributed by atoms with E-state index in [9.17, 15) is 0 Å². The monoisotopic (exact) mass is 189 g/mol. The van der Waals surface area contributed by atoms with Gasteiger partial charge in [-0.1, -0.05) is 13.8 Å². The maximum atomic E-state index is 9.00. The molecule has 0 aromatic heterocycles. The van der Waals surface area contributed by atoms with Gasteiger partial charge in [-0.25, -0.2) is 0 Å². The summed E-state index contributed by atoms with van der Waals surface area (Å²) in [7, 11) is 0. The molecular weight excluding hydrogens is 166 g/mol. The minimum Gasteiger partial charge on any atom is -0.396 e. The van der Waals surface area contributed by atoms with Gasteiger partial charge in [-0.15, -0.1) is 0 Å². The molecule has 3 N–H and O–H groups in total. The van der Waals surface area contributed by atoms with E-state index >= 15 is 0 Å². The Morgan fingerprint density at radius 2 is 1.77 bits per heavy atom. The maximum Gasteiger partial charge on any atom is 0.0587 e. The molecule has 0 aliphatic rings. The topological polar surface area (TPSA) is 52.5 Å². The average Bonchev–Trinajstić information content (AvgIpc) is 2.10. The molecule has 0 aromatic carbocycles. The van der Waals surface area contributed by atoms with Gasteiger partial charge in [-0.05, 0) is 31.7 Å². The van der Waals surface area contributed by atoms with Crippen molar-refractivity contribution in [3.63, 3.8) is 0 Å². The third kappa shape index (κ3) is 6.99. The predicted octanol–water partition coefficient (Wildman–Crippen LogP) is 0.755. The van der Waals surface area contributed by atoms with Crippen LogP contribution in [0.25, 0.3) is 0 Å². The van der Waals surface area contributed by atoms with Crippen LogP contribution in [0, 0.1) is 5.92 Å². The third-order valence-corrected chi connectivity index (χ3v) is 2.24. The molecule has 0 bridgehead atoms. The van der Waals surface area contributed by atoms with E-state index in [1.807, 2.05) is 0 Å². The molecule has 0 aliphatic heterocycles. The first-order chi connectivity index (χ1) is 6.22. The second-order valence-electron chi connectivity index (χ2n) is 3.77. The van der Waals surface area contributed by atoms with Crippen molar-refractivity contribution in [1.82, 2.24) is 5.32 Å². The molecular formula is C10H23NO2. The molecule has 0 aliphatic carbocycles. The fraction of sp³-hybridized carbons (Fsp3) is 1.00. The largest absolute Gasteiger partial charge is 0.396 e. The Morgan fingerprint density at radius 1 is 1.08 bits per heavy atom. The lowest BCUT2D eigenvalue weighted by atomic mass is 10.1. The van der Waals surface area contributed by atoms with Crippen LogP contribution in [0.1, 0.15) is 33.1 Å². The van der Waals surface area contributed by atoms with Gasteiger partial charge in [0.05, 0.1) is 6.61 Å². The zero-order chi connectivity index (χ0) is 10.1. The molecule has 0 aromatic rings. The summed E-state index contributed by atoms with van der Waals surface area (Å²) in [6.45, 7) is 5.62. The van der Waals surface area contributed by atoms with Gasteiger partial charge in [-0.3, -0.25) is 0 Å². The fourth-order valence-electron chi connectivity index (χ4n) is 1.21. The van der Waals surface area contributed by atoms with Gasteiger partial charge >= 0.3 is 0 Å². The fourth-order valence-corrected chi connectivity index (χ4v) is 1.21. The number of nitrogens with one attached hydrogen (secondary N) is 1. The summed E-state index contributed by atoms with van der Waals surface area (Å²) in [6.07, 6.45) is 3.01. The van der Waals surface area contributed by atoms with Crippen molar-refractivity contribution in [3.8, 4) is 0 Å². The Hall–Kier alpha value is -0.120. The zero-order valence-corrected chi connectivity index (χ0v) is 8.79. The van der Waals surface area contributed by atoms with E-state index in [2.05, 4.69) is 19.2 Å². The van der Waals surface area contributed by atoms with E-state index in [1.54, 1.807) is 0 Å². The quantitative estimate of drug-likeness (QED) is 0.494. The van der Waals surface area contributed by atoms with Crippen LogP contribution in [0.2, 0.25) is 0 Å². The summed E-state index contributed by atoms with van der Waals surface area (Å²) in [6, 6.07) is 0.217. The number of hydrogen-bond acceptors (Lipinski definition) is 3. The summed E-state index contributed by atoms with van der Waals surface area (Å²) < 4.78 is 0. The SMILES string of the molecule is CC(C)C(CO)NCCCCCO. The minimum atomic E-state index is 0.206. The summed E-state index contributed by atoms with van der Waals surface area (Å²) in [5.41, 5.74) is 0. The standard InChI is InChI=1S/C10H23NO2/c1-9(2)10(8-13)11-6-4-3-5-7-12/h9-13H,3-8H2,1-2H3. The molecule has 80 valence electrons. The first-order valence-corrected chi connectivity index (χ1v) is 5.17. The van der Waals surface area contributed by atoms with Crippen molar-refractivity contribution >= 4 is 0 Å². The van der Waals surface area contributed by atoms with Gasteiger partial charge in [0.2, 0.25) is 0 Å². The molecule has 0 rings (SSSR count). The van der Waals surface area contributed by atoms with E-state index in [4.69, 9.17) is 10.2 Å². The van der Waals surface area contributed by atoms with Crippen LogP contribution in [0.4, 0.5) is 0 Å². The van der Waals surface area contributed by atoms with Crippen LogP contribution in [0.5, 0.6) is 0 Å². The van der Waals surface area contributed by atoms with E-state index in [0.29, 0.717) is 5.92 Å². The van der Waals surface area contributed by atoms with Crippen molar-refractivity contribution in [2.75, 3.05) is 19.8 Å². The lowest BCUT2D eigenvalue weighted by Crippen LogP contribution is -2.37. The number of aliphatic hydroxyl groups is 2. The Labute approximate surface area is 81.2 Å². The van der Waals surface area contributed by atoms with Crippen LogP contribution < -0.4 is 5.32 Å². The van der Waals surface area contributed by atoms with Gasteiger partial charge in [-0.2, -0.15) is 0 Å². The number of rotatable bonds is 8. The van der Waals surface area contributed by atoms with Crippen molar-refractivity contribution in [2.45, 2.75) is 39.2 Å². The summed E-state index contributed by atoms with van der Waals surface area (Å²) in [5.74, 6) is 0.475. The van der Waals surface area contributed by atoms with Crippen molar-refractivity contribution < 1.29 is 10.2 Å². The normalized spacial score (nSPS) is 13.6. The number of hydrogen-bond donors (Lipinski definition) is 3. The van der Waals surface area contributed by atoms with E-state index < -0.39 is 0 Å². The van der Waals surface area contributed by atoms with Crippen molar-refractivity contribution in [3.05, 3.63) is 0 Å². The van der Waals surface area contributed by atoms with E-state index in [0.717, 1.165) is 25.8 Å². The Kier molecular flexibility index (Phi) is 8.40. The van der Waals surface area contributed by atoms with Crippen LogP contribution in [0.3, 0.4) is 0 Å². The molecule has 13 heavy (non-hydrogen) atoms. The average molecular weight is 189 g/mol. The van der Waals surface area contributed by atoms with Crippen LogP contribution >= 0.6 is 0 Å². The molecule has 0 heterocycles. The Morgan fingerprint density at radius 3 is 2.23 bits per heavy atom. The van der Waals surface area contributed by atoms with Crippen LogP contribution in [-0.2, 0) is 0 Å². The van der Waals surface area contributed by atoms with Gasteiger partial charge in [0.1, 0.15) is 0 Å². The molecule has 1 atom stereocenters. The van der Waals surface area contributed by atoms with E-state index in [-0.39, 0.29) is 19.3 Å². The third-order valence-electron chi connectivity index (χ3n) is 2.24. The lowest BCUT2D eigenvalue weighted by Gasteiger charge is -2.19. The highest BCUT2D eigenvalue weighted by molar-refractivity contribution is 4.68. The van der Waals surface area contributed by atoms with Crippen LogP contribution in [-0.4, -0.2) is 36.0 Å². The van der Waals surface area contributed by atoms with Gasteiger partial charge < -0.3 is 15.5 Å². The second-order valence-corrected chi connectivity index (χ2v) is 3.77. The summed E-state index contributed by atoms with van der Waals surface area (Å²) in [5, 5.41) is 20.8. The Bertz CT molecular complexity index is 107. The summed E-state index contributed by atoms with van der Waals surface area (Å²) in [4.78, 5) is 0. The van der Waals surface area contributed by atoms with Crippen molar-refractivity contribution in [2.24, 2.45) is 5.92 Å². The molecule has 0 spiro atoms. The molecule has 0 fully saturated rings. The molecule has 0 saturated carbocycles. The van der Waals surface area contributed by atoms with Crippen molar-refractivity contribution in [1.29, 1.82) is 0 Å². The molecule has 3 heteroatoms. The first kappa shape index (κ1) is 12.9. The van der Waals surface area contributed by atoms with Gasteiger partial charge in [0.25, 0.3) is 0 Å². The van der Waals surface area contributed by atoms with Crippen LogP contribution in [0.15, 0.2) is 0 Å². The second kappa shape index (κ2) is 8.48. The van der Waals surface area contributed by atoms with Gasteiger partial charge in [0, 0.05) is 12.6 Å². The first-order valence-electron chi connectivity index (χ1n) is 5.17. The number of unbranched alkanes of at least 4 members (excludes halogenated alkanes) is 2. The highest BCUT2D eigenvalue weighted by Gasteiger charge is 2.09. The summed E-state index contributed by atoms with van der Waals surface area (Å²) >= 11 is 0. The highest BCUT2D eigenvalue weighted by Crippen LogP contribution is 2.01.